The van der Waals surface area contributed by atoms with Crippen LogP contribution >= 0.6 is 15.9 Å². The average Bonchev–Trinajstić information content (AvgIpc) is 2.91. The van der Waals surface area contributed by atoms with E-state index in [2.05, 4.69) is 21.2 Å². The van der Waals surface area contributed by atoms with Crippen LogP contribution in [-0.2, 0) is 22.6 Å². The zero-order valence-corrected chi connectivity index (χ0v) is 22.0. The van der Waals surface area contributed by atoms with Crippen molar-refractivity contribution in [2.24, 2.45) is 0 Å². The second kappa shape index (κ2) is 11.9. The second-order valence-corrected chi connectivity index (χ2v) is 9.51. The number of halogens is 1. The van der Waals surface area contributed by atoms with Gasteiger partial charge in [0.1, 0.15) is 11.8 Å². The van der Waals surface area contributed by atoms with E-state index < -0.39 is 6.04 Å². The minimum atomic E-state index is -0.685. The Balaban J connectivity index is 1.61. The molecule has 0 spiro atoms. The van der Waals surface area contributed by atoms with Crippen LogP contribution in [0.2, 0.25) is 0 Å². The van der Waals surface area contributed by atoms with Crippen molar-refractivity contribution < 1.29 is 14.3 Å². The first-order valence-electron chi connectivity index (χ1n) is 11.9. The number of rotatable bonds is 9. The van der Waals surface area contributed by atoms with Gasteiger partial charge >= 0.3 is 0 Å². The third kappa shape index (κ3) is 6.13. The first-order chi connectivity index (χ1) is 17.5. The fourth-order valence-corrected chi connectivity index (χ4v) is 4.77. The molecule has 0 unspecified atom stereocenters. The number of carbonyl (C=O) groups is 2. The highest BCUT2D eigenvalue weighted by Gasteiger charge is 2.30. The number of hydrogen-bond acceptors (Lipinski definition) is 3. The normalized spacial score (nSPS) is 11.6. The smallest absolute Gasteiger partial charge is 0.261 e. The number of hydrogen-bond donors (Lipinski definition) is 1. The van der Waals surface area contributed by atoms with E-state index in [1.165, 1.54) is 0 Å². The summed E-state index contributed by atoms with van der Waals surface area (Å²) in [5.74, 6) is 0.100. The molecule has 0 bridgehead atoms. The first-order valence-corrected chi connectivity index (χ1v) is 12.7. The molecule has 184 valence electrons. The van der Waals surface area contributed by atoms with Gasteiger partial charge in [-0.2, -0.15) is 0 Å². The topological polar surface area (TPSA) is 58.6 Å². The van der Waals surface area contributed by atoms with Crippen LogP contribution in [0.4, 0.5) is 0 Å². The zero-order valence-electron chi connectivity index (χ0n) is 20.4. The summed E-state index contributed by atoms with van der Waals surface area (Å²) < 4.78 is 6.79. The third-order valence-electron chi connectivity index (χ3n) is 6.17. The Bertz CT molecular complexity index is 1340. The Kier molecular flexibility index (Phi) is 8.39. The van der Waals surface area contributed by atoms with Crippen LogP contribution in [0.1, 0.15) is 16.7 Å². The van der Waals surface area contributed by atoms with Crippen LogP contribution < -0.4 is 10.1 Å². The Morgan fingerprint density at radius 1 is 0.889 bits per heavy atom. The SMILES string of the molecule is CNC(=O)[C@H](Cc1ccccc1)N(Cc1ccc(C)cc1)C(=O)COc1ccc2ccccc2c1Br. The third-order valence-corrected chi connectivity index (χ3v) is 6.99. The number of benzene rings is 4. The lowest BCUT2D eigenvalue weighted by molar-refractivity contribution is -0.142. The van der Waals surface area contributed by atoms with E-state index in [-0.39, 0.29) is 18.4 Å². The van der Waals surface area contributed by atoms with Crippen LogP contribution in [0, 0.1) is 6.92 Å². The number of likely N-dealkylation sites (N-methyl/N-ethyl adjacent to an activating group) is 1. The van der Waals surface area contributed by atoms with Gasteiger partial charge in [0.2, 0.25) is 5.91 Å². The number of nitrogens with one attached hydrogen (secondary N) is 1. The molecular weight excluding hydrogens is 516 g/mol. The molecule has 5 nitrogen and oxygen atoms in total. The number of amides is 2. The Labute approximate surface area is 220 Å². The fraction of sp³-hybridized carbons (Fsp3) is 0.200. The summed E-state index contributed by atoms with van der Waals surface area (Å²) in [7, 11) is 1.59. The number of carbonyl (C=O) groups excluding carboxylic acids is 2. The van der Waals surface area contributed by atoms with Gasteiger partial charge in [0.05, 0.1) is 4.47 Å². The molecule has 0 fully saturated rings. The number of fused-ring (bicyclic) bond motifs is 1. The highest BCUT2D eigenvalue weighted by molar-refractivity contribution is 9.10. The van der Waals surface area contributed by atoms with Crippen LogP contribution in [0.15, 0.2) is 95.5 Å². The van der Waals surface area contributed by atoms with Gasteiger partial charge in [-0.3, -0.25) is 9.59 Å². The molecule has 0 saturated carbocycles. The van der Waals surface area contributed by atoms with Crippen LogP contribution in [0.25, 0.3) is 10.8 Å². The van der Waals surface area contributed by atoms with Crippen molar-refractivity contribution in [2.75, 3.05) is 13.7 Å². The van der Waals surface area contributed by atoms with Crippen LogP contribution in [0.5, 0.6) is 5.75 Å². The van der Waals surface area contributed by atoms with Crippen molar-refractivity contribution in [1.82, 2.24) is 10.2 Å². The summed E-state index contributed by atoms with van der Waals surface area (Å²) in [6.45, 7) is 2.13. The summed E-state index contributed by atoms with van der Waals surface area (Å²) in [6, 6.07) is 28.8. The molecule has 2 amide bonds. The Morgan fingerprint density at radius 2 is 1.58 bits per heavy atom. The molecular formula is C30H29BrN2O3. The van der Waals surface area contributed by atoms with Gasteiger partial charge in [0.15, 0.2) is 6.61 Å². The summed E-state index contributed by atoms with van der Waals surface area (Å²) in [4.78, 5) is 28.3. The van der Waals surface area contributed by atoms with Crippen molar-refractivity contribution in [3.05, 3.63) is 112 Å². The predicted octanol–water partition coefficient (Wildman–Crippen LogP) is 5.68. The van der Waals surface area contributed by atoms with E-state index in [9.17, 15) is 9.59 Å². The maximum absolute atomic E-state index is 13.6. The van der Waals surface area contributed by atoms with Crippen LogP contribution in [0.3, 0.4) is 0 Å². The molecule has 0 heterocycles. The summed E-state index contributed by atoms with van der Waals surface area (Å²) in [5.41, 5.74) is 3.06. The molecule has 0 radical (unpaired) electrons. The molecule has 4 aromatic rings. The van der Waals surface area contributed by atoms with Gasteiger partial charge in [-0.15, -0.1) is 0 Å². The maximum atomic E-state index is 13.6. The Morgan fingerprint density at radius 3 is 2.31 bits per heavy atom. The molecule has 4 aromatic carbocycles. The van der Waals surface area contributed by atoms with Gasteiger partial charge < -0.3 is 15.0 Å². The molecule has 0 aliphatic heterocycles. The van der Waals surface area contributed by atoms with E-state index in [4.69, 9.17) is 4.74 Å². The molecule has 0 saturated heterocycles. The molecule has 0 aliphatic rings. The number of ether oxygens (including phenoxy) is 1. The molecule has 36 heavy (non-hydrogen) atoms. The lowest BCUT2D eigenvalue weighted by Crippen LogP contribution is -2.51. The summed E-state index contributed by atoms with van der Waals surface area (Å²) in [6.07, 6.45) is 0.401. The second-order valence-electron chi connectivity index (χ2n) is 8.71. The molecule has 1 N–H and O–H groups in total. The quantitative estimate of drug-likeness (QED) is 0.295. The fourth-order valence-electron chi connectivity index (χ4n) is 4.16. The average molecular weight is 545 g/mol. The van der Waals surface area contributed by atoms with Crippen molar-refractivity contribution in [3.8, 4) is 5.75 Å². The lowest BCUT2D eigenvalue weighted by Gasteiger charge is -2.31. The largest absolute Gasteiger partial charge is 0.483 e. The molecule has 6 heteroatoms. The minimum absolute atomic E-state index is 0.189. The van der Waals surface area contributed by atoms with Crippen molar-refractivity contribution in [3.63, 3.8) is 0 Å². The van der Waals surface area contributed by atoms with E-state index in [0.717, 1.165) is 31.9 Å². The number of nitrogens with zero attached hydrogens (tertiary/aromatic N) is 1. The molecule has 1 atom stereocenters. The van der Waals surface area contributed by atoms with E-state index >= 15 is 0 Å². The highest BCUT2D eigenvalue weighted by atomic mass is 79.9. The highest BCUT2D eigenvalue weighted by Crippen LogP contribution is 2.33. The lowest BCUT2D eigenvalue weighted by atomic mass is 10.0. The van der Waals surface area contributed by atoms with Gasteiger partial charge in [0, 0.05) is 20.0 Å². The standard InChI is InChI=1S/C30H29BrN2O3/c1-21-12-14-23(15-13-21)19-33(26(30(35)32-2)18-22-8-4-3-5-9-22)28(34)20-36-27-17-16-24-10-6-7-11-25(24)29(27)31/h3-17,26H,18-20H2,1-2H3,(H,32,35)/t26-/m0/s1. The van der Waals surface area contributed by atoms with Crippen molar-refractivity contribution in [2.45, 2.75) is 25.9 Å². The maximum Gasteiger partial charge on any atom is 0.261 e. The van der Waals surface area contributed by atoms with E-state index in [1.807, 2.05) is 97.9 Å². The zero-order chi connectivity index (χ0) is 25.5. The first kappa shape index (κ1) is 25.5. The number of aryl methyl sites for hydroxylation is 1. The predicted molar refractivity (Wildman–Crippen MR) is 147 cm³/mol. The van der Waals surface area contributed by atoms with E-state index in [0.29, 0.717) is 18.7 Å². The molecule has 0 aromatic heterocycles. The monoisotopic (exact) mass is 544 g/mol. The summed E-state index contributed by atoms with van der Waals surface area (Å²) in [5, 5.41) is 4.82. The van der Waals surface area contributed by atoms with Crippen LogP contribution in [-0.4, -0.2) is 36.4 Å². The molecule has 0 aliphatic carbocycles. The van der Waals surface area contributed by atoms with Gasteiger partial charge in [0.25, 0.3) is 5.91 Å². The van der Waals surface area contributed by atoms with Gasteiger partial charge in [-0.1, -0.05) is 90.5 Å². The minimum Gasteiger partial charge on any atom is -0.483 e. The van der Waals surface area contributed by atoms with Gasteiger partial charge in [-0.05, 0) is 50.8 Å². The summed E-state index contributed by atoms with van der Waals surface area (Å²) >= 11 is 3.62. The molecule has 4 rings (SSSR count). The van der Waals surface area contributed by atoms with E-state index in [1.54, 1.807) is 11.9 Å². The van der Waals surface area contributed by atoms with Gasteiger partial charge in [-0.25, -0.2) is 0 Å². The Hall–Kier alpha value is -3.64. The van der Waals surface area contributed by atoms with Crippen molar-refractivity contribution in [1.29, 1.82) is 0 Å². The van der Waals surface area contributed by atoms with Crippen molar-refractivity contribution >= 4 is 38.5 Å².